The minimum absolute atomic E-state index is 0.314. The van der Waals surface area contributed by atoms with Crippen LogP contribution in [0.3, 0.4) is 0 Å². The van der Waals surface area contributed by atoms with Crippen LogP contribution in [-0.2, 0) is 9.47 Å². The van der Waals surface area contributed by atoms with Crippen LogP contribution in [0.4, 0.5) is 0 Å². The maximum absolute atomic E-state index is 5.96. The Morgan fingerprint density at radius 3 is 2.00 bits per heavy atom. The molecule has 0 aliphatic carbocycles. The molecule has 1 aliphatic rings. The van der Waals surface area contributed by atoms with Gasteiger partial charge in [0.2, 0.25) is 0 Å². The van der Waals surface area contributed by atoms with E-state index in [4.69, 9.17) is 9.47 Å². The van der Waals surface area contributed by atoms with Crippen LogP contribution in [0.1, 0.15) is 78.1 Å². The molecular weight excluding hydrogens is 212 g/mol. The second-order valence-electron chi connectivity index (χ2n) is 5.41. The largest absolute Gasteiger partial charge is 0.350 e. The minimum Gasteiger partial charge on any atom is -0.350 e. The number of hydrogen-bond acceptors (Lipinski definition) is 2. The first-order valence-corrected chi connectivity index (χ1v) is 7.55. The van der Waals surface area contributed by atoms with Crippen LogP contribution < -0.4 is 0 Å². The average molecular weight is 242 g/mol. The van der Waals surface area contributed by atoms with E-state index in [1.54, 1.807) is 0 Å². The summed E-state index contributed by atoms with van der Waals surface area (Å²) >= 11 is 0. The van der Waals surface area contributed by atoms with Gasteiger partial charge in [-0.1, -0.05) is 45.4 Å². The molecule has 1 fully saturated rings. The topological polar surface area (TPSA) is 18.5 Å². The van der Waals surface area contributed by atoms with E-state index in [1.807, 2.05) is 0 Å². The highest BCUT2D eigenvalue weighted by atomic mass is 16.7. The number of rotatable bonds is 5. The number of hydrogen-bond donors (Lipinski definition) is 0. The minimum atomic E-state index is -0.314. The zero-order valence-electron chi connectivity index (χ0n) is 11.8. The summed E-state index contributed by atoms with van der Waals surface area (Å²) in [5.41, 5.74) is 0. The van der Waals surface area contributed by atoms with E-state index >= 15 is 0 Å². The molecule has 102 valence electrons. The molecule has 0 atom stereocenters. The van der Waals surface area contributed by atoms with E-state index in [0.29, 0.717) is 0 Å². The first-order valence-electron chi connectivity index (χ1n) is 7.55. The molecule has 0 unspecified atom stereocenters. The Morgan fingerprint density at radius 2 is 1.41 bits per heavy atom. The second kappa shape index (κ2) is 8.93. The molecule has 0 aromatic heterocycles. The second-order valence-corrected chi connectivity index (χ2v) is 5.41. The van der Waals surface area contributed by atoms with Gasteiger partial charge in [-0.05, 0) is 26.2 Å². The van der Waals surface area contributed by atoms with Crippen LogP contribution in [0.2, 0.25) is 0 Å². The molecular formula is C15H30O2. The van der Waals surface area contributed by atoms with Gasteiger partial charge in [-0.3, -0.25) is 0 Å². The van der Waals surface area contributed by atoms with Gasteiger partial charge in [0.05, 0.1) is 13.2 Å². The van der Waals surface area contributed by atoms with E-state index in [2.05, 4.69) is 13.8 Å². The quantitative estimate of drug-likeness (QED) is 0.652. The van der Waals surface area contributed by atoms with E-state index in [1.165, 1.54) is 57.8 Å². The van der Waals surface area contributed by atoms with Crippen molar-refractivity contribution in [3.8, 4) is 0 Å². The Labute approximate surface area is 107 Å². The fourth-order valence-corrected chi connectivity index (χ4v) is 2.37. The summed E-state index contributed by atoms with van der Waals surface area (Å²) in [4.78, 5) is 0. The Balaban J connectivity index is 2.27. The van der Waals surface area contributed by atoms with E-state index in [-0.39, 0.29) is 5.79 Å². The fourth-order valence-electron chi connectivity index (χ4n) is 2.37. The van der Waals surface area contributed by atoms with Gasteiger partial charge in [-0.25, -0.2) is 0 Å². The molecule has 0 aromatic rings. The normalized spacial score (nSPS) is 22.2. The van der Waals surface area contributed by atoms with Crippen molar-refractivity contribution >= 4 is 0 Å². The van der Waals surface area contributed by atoms with Crippen LogP contribution in [-0.4, -0.2) is 19.0 Å². The van der Waals surface area contributed by atoms with Crippen LogP contribution in [0.25, 0.3) is 0 Å². The number of ether oxygens (including phenoxy) is 2. The van der Waals surface area contributed by atoms with Gasteiger partial charge in [0, 0.05) is 6.42 Å². The molecule has 1 heterocycles. The van der Waals surface area contributed by atoms with Crippen molar-refractivity contribution in [1.29, 1.82) is 0 Å². The summed E-state index contributed by atoms with van der Waals surface area (Å²) in [6.07, 6.45) is 12.5. The Kier molecular flexibility index (Phi) is 7.87. The molecule has 0 aromatic carbocycles. The highest BCUT2D eigenvalue weighted by molar-refractivity contribution is 4.65. The van der Waals surface area contributed by atoms with Gasteiger partial charge in [-0.15, -0.1) is 0 Å². The first-order chi connectivity index (χ1) is 8.27. The van der Waals surface area contributed by atoms with Crippen LogP contribution >= 0.6 is 0 Å². The highest BCUT2D eigenvalue weighted by Gasteiger charge is 2.25. The van der Waals surface area contributed by atoms with Gasteiger partial charge in [0.15, 0.2) is 5.79 Å². The molecule has 0 spiro atoms. The summed E-state index contributed by atoms with van der Waals surface area (Å²) in [7, 11) is 0. The standard InChI is InChI=1S/C15H30O2/c1-3-4-5-9-12-15(2)16-13-10-7-6-8-11-14-17-15/h3-14H2,1-2H3. The molecule has 0 radical (unpaired) electrons. The van der Waals surface area contributed by atoms with Crippen LogP contribution in [0, 0.1) is 0 Å². The molecule has 0 saturated carbocycles. The Bertz CT molecular complexity index is 170. The summed E-state index contributed by atoms with van der Waals surface area (Å²) in [6, 6.07) is 0. The predicted molar refractivity (Wildman–Crippen MR) is 72.2 cm³/mol. The fraction of sp³-hybridized carbons (Fsp3) is 1.00. The van der Waals surface area contributed by atoms with Gasteiger partial charge >= 0.3 is 0 Å². The Hall–Kier alpha value is -0.0800. The summed E-state index contributed by atoms with van der Waals surface area (Å²) in [5.74, 6) is -0.314. The molecule has 1 aliphatic heterocycles. The molecule has 2 nitrogen and oxygen atoms in total. The maximum Gasteiger partial charge on any atom is 0.165 e. The van der Waals surface area contributed by atoms with Gasteiger partial charge < -0.3 is 9.47 Å². The van der Waals surface area contributed by atoms with E-state index in [0.717, 1.165) is 19.6 Å². The molecule has 0 bridgehead atoms. The van der Waals surface area contributed by atoms with Crippen molar-refractivity contribution in [2.24, 2.45) is 0 Å². The third-order valence-corrected chi connectivity index (χ3v) is 3.59. The third kappa shape index (κ3) is 7.05. The molecule has 0 amide bonds. The molecule has 1 rings (SSSR count). The lowest BCUT2D eigenvalue weighted by Crippen LogP contribution is -2.33. The lowest BCUT2D eigenvalue weighted by Gasteiger charge is -2.31. The van der Waals surface area contributed by atoms with Crippen LogP contribution in [0.5, 0.6) is 0 Å². The van der Waals surface area contributed by atoms with E-state index in [9.17, 15) is 0 Å². The van der Waals surface area contributed by atoms with Crippen LogP contribution in [0.15, 0.2) is 0 Å². The molecule has 0 N–H and O–H groups in total. The average Bonchev–Trinajstić information content (AvgIpc) is 2.33. The van der Waals surface area contributed by atoms with Crippen molar-refractivity contribution in [3.05, 3.63) is 0 Å². The zero-order chi connectivity index (χ0) is 12.4. The van der Waals surface area contributed by atoms with Crippen molar-refractivity contribution in [2.75, 3.05) is 13.2 Å². The van der Waals surface area contributed by atoms with E-state index < -0.39 is 0 Å². The van der Waals surface area contributed by atoms with Gasteiger partial charge in [-0.2, -0.15) is 0 Å². The lowest BCUT2D eigenvalue weighted by atomic mass is 10.1. The molecule has 2 heteroatoms. The zero-order valence-corrected chi connectivity index (χ0v) is 11.8. The number of unbranched alkanes of at least 4 members (excludes halogenated alkanes) is 3. The van der Waals surface area contributed by atoms with Crippen molar-refractivity contribution in [2.45, 2.75) is 83.8 Å². The van der Waals surface area contributed by atoms with Crippen molar-refractivity contribution in [1.82, 2.24) is 0 Å². The van der Waals surface area contributed by atoms with Gasteiger partial charge in [0.1, 0.15) is 0 Å². The highest BCUT2D eigenvalue weighted by Crippen LogP contribution is 2.23. The van der Waals surface area contributed by atoms with Crippen molar-refractivity contribution < 1.29 is 9.47 Å². The summed E-state index contributed by atoms with van der Waals surface area (Å²) in [5, 5.41) is 0. The smallest absolute Gasteiger partial charge is 0.165 e. The van der Waals surface area contributed by atoms with Gasteiger partial charge in [0.25, 0.3) is 0 Å². The third-order valence-electron chi connectivity index (χ3n) is 3.59. The molecule has 1 saturated heterocycles. The maximum atomic E-state index is 5.96. The Morgan fingerprint density at radius 1 is 0.824 bits per heavy atom. The SMILES string of the molecule is CCCCCCC1(C)OCCCCCCCO1. The first kappa shape index (κ1) is 15.0. The predicted octanol–water partition coefficient (Wildman–Crippen LogP) is 4.67. The molecule has 17 heavy (non-hydrogen) atoms. The summed E-state index contributed by atoms with van der Waals surface area (Å²) < 4.78 is 11.9. The lowest BCUT2D eigenvalue weighted by molar-refractivity contribution is -0.232. The monoisotopic (exact) mass is 242 g/mol. The summed E-state index contributed by atoms with van der Waals surface area (Å²) in [6.45, 7) is 6.10. The van der Waals surface area contributed by atoms with Crippen molar-refractivity contribution in [3.63, 3.8) is 0 Å².